The van der Waals surface area contributed by atoms with Crippen molar-refractivity contribution in [3.63, 3.8) is 0 Å². The molecule has 39 heavy (non-hydrogen) atoms. The van der Waals surface area contributed by atoms with E-state index in [0.717, 1.165) is 51.7 Å². The second-order valence-corrected chi connectivity index (χ2v) is 11.0. The lowest BCUT2D eigenvalue weighted by atomic mass is 9.87. The molecule has 4 rings (SSSR count). The number of amides is 2. The molecule has 2 amide bonds. The summed E-state index contributed by atoms with van der Waals surface area (Å²) in [5.41, 5.74) is 3.74. The predicted molar refractivity (Wildman–Crippen MR) is 146 cm³/mol. The standard InChI is InChI=1S/C29H31NO8S/c1-16-17(2)26-21(18(3)25(16)37-24(33)7-5-6-23(31)32)12-13-29(4,38-26)15-36-20-10-8-19(9-11-20)14-22-27(34)30-28(35)39-22/h8-11,14H,5-7,12-13,15H2,1-4H3,(H,31,32)(H,30,34,35)/b22-14-. The minimum atomic E-state index is -0.939. The number of carbonyl (C=O) groups excluding carboxylic acids is 3. The number of ether oxygens (including phenoxy) is 3. The van der Waals surface area contributed by atoms with E-state index in [9.17, 15) is 19.2 Å². The van der Waals surface area contributed by atoms with Crippen molar-refractivity contribution < 1.29 is 38.5 Å². The van der Waals surface area contributed by atoms with Gasteiger partial charge in [-0.05, 0) is 99.2 Å². The molecule has 206 valence electrons. The highest BCUT2D eigenvalue weighted by Gasteiger charge is 2.36. The van der Waals surface area contributed by atoms with E-state index >= 15 is 0 Å². The van der Waals surface area contributed by atoms with Gasteiger partial charge in [-0.15, -0.1) is 0 Å². The predicted octanol–water partition coefficient (Wildman–Crippen LogP) is 5.26. The van der Waals surface area contributed by atoms with Gasteiger partial charge in [0.25, 0.3) is 11.1 Å². The number of aliphatic carboxylic acids is 1. The third-order valence-corrected chi connectivity index (χ3v) is 7.73. The molecule has 2 N–H and O–H groups in total. The van der Waals surface area contributed by atoms with Gasteiger partial charge in [0.1, 0.15) is 29.5 Å². The fourth-order valence-corrected chi connectivity index (χ4v) is 5.24. The molecule has 1 fully saturated rings. The van der Waals surface area contributed by atoms with Crippen LogP contribution in [0.4, 0.5) is 4.79 Å². The molecule has 2 aliphatic rings. The van der Waals surface area contributed by atoms with Gasteiger partial charge in [0.05, 0.1) is 4.91 Å². The van der Waals surface area contributed by atoms with Crippen molar-refractivity contribution in [1.82, 2.24) is 5.32 Å². The van der Waals surface area contributed by atoms with Crippen LogP contribution in [0.5, 0.6) is 17.2 Å². The lowest BCUT2D eigenvalue weighted by molar-refractivity contribution is -0.137. The Kier molecular flexibility index (Phi) is 8.34. The van der Waals surface area contributed by atoms with Gasteiger partial charge in [0.15, 0.2) is 0 Å². The van der Waals surface area contributed by atoms with Gasteiger partial charge in [-0.1, -0.05) is 12.1 Å². The fourth-order valence-electron chi connectivity index (χ4n) is 4.55. The summed E-state index contributed by atoms with van der Waals surface area (Å²) in [6, 6.07) is 7.25. The molecule has 1 unspecified atom stereocenters. The lowest BCUT2D eigenvalue weighted by Crippen LogP contribution is -2.42. The summed E-state index contributed by atoms with van der Waals surface area (Å²) < 4.78 is 18.2. The van der Waals surface area contributed by atoms with Crippen molar-refractivity contribution in [2.24, 2.45) is 0 Å². The second kappa shape index (κ2) is 11.5. The molecule has 0 bridgehead atoms. The Balaban J connectivity index is 1.42. The number of benzene rings is 2. The number of hydrogen-bond acceptors (Lipinski definition) is 8. The number of hydrogen-bond donors (Lipinski definition) is 2. The molecule has 2 aliphatic heterocycles. The minimum Gasteiger partial charge on any atom is -0.489 e. The molecule has 0 aromatic heterocycles. The van der Waals surface area contributed by atoms with Crippen molar-refractivity contribution in [2.75, 3.05) is 6.61 Å². The molecular weight excluding hydrogens is 522 g/mol. The Morgan fingerprint density at radius 3 is 2.46 bits per heavy atom. The van der Waals surface area contributed by atoms with Crippen LogP contribution in [0.2, 0.25) is 0 Å². The van der Waals surface area contributed by atoms with Gasteiger partial charge in [-0.3, -0.25) is 24.5 Å². The van der Waals surface area contributed by atoms with E-state index in [1.54, 1.807) is 6.08 Å². The number of nitrogens with one attached hydrogen (secondary N) is 1. The van der Waals surface area contributed by atoms with Gasteiger partial charge in [-0.2, -0.15) is 0 Å². The maximum absolute atomic E-state index is 12.3. The zero-order chi connectivity index (χ0) is 28.3. The van der Waals surface area contributed by atoms with Crippen LogP contribution in [0.15, 0.2) is 29.2 Å². The van der Waals surface area contributed by atoms with Crippen LogP contribution in [-0.2, 0) is 20.8 Å². The highest BCUT2D eigenvalue weighted by atomic mass is 32.2. The van der Waals surface area contributed by atoms with Crippen molar-refractivity contribution in [1.29, 1.82) is 0 Å². The highest BCUT2D eigenvalue weighted by molar-refractivity contribution is 8.18. The average molecular weight is 554 g/mol. The Hall–Kier alpha value is -3.79. The number of carboxylic acids is 1. The summed E-state index contributed by atoms with van der Waals surface area (Å²) in [6.45, 7) is 8.05. The third kappa shape index (κ3) is 6.62. The first-order chi connectivity index (χ1) is 18.5. The molecule has 2 aromatic rings. The van der Waals surface area contributed by atoms with E-state index in [1.165, 1.54) is 0 Å². The molecule has 0 radical (unpaired) electrons. The van der Waals surface area contributed by atoms with Gasteiger partial charge >= 0.3 is 11.9 Å². The zero-order valence-electron chi connectivity index (χ0n) is 22.3. The normalized spacial score (nSPS) is 19.3. The Labute approximate surface area is 230 Å². The first-order valence-electron chi connectivity index (χ1n) is 12.7. The first-order valence-corrected chi connectivity index (χ1v) is 13.5. The van der Waals surface area contributed by atoms with Crippen molar-refractivity contribution in [3.8, 4) is 17.2 Å². The number of imide groups is 1. The summed E-state index contributed by atoms with van der Waals surface area (Å²) >= 11 is 0.876. The van der Waals surface area contributed by atoms with Crippen LogP contribution in [0.3, 0.4) is 0 Å². The molecule has 2 heterocycles. The quantitative estimate of drug-likeness (QED) is 0.243. The second-order valence-electron chi connectivity index (χ2n) is 10.00. The van der Waals surface area contributed by atoms with Crippen LogP contribution >= 0.6 is 11.8 Å². The number of esters is 1. The molecule has 1 atom stereocenters. The largest absolute Gasteiger partial charge is 0.489 e. The van der Waals surface area contributed by atoms with Gasteiger partial charge in [-0.25, -0.2) is 0 Å². The molecular formula is C29H31NO8S. The molecule has 1 saturated heterocycles. The molecule has 9 nitrogen and oxygen atoms in total. The molecule has 0 spiro atoms. The Morgan fingerprint density at radius 1 is 1.10 bits per heavy atom. The summed E-state index contributed by atoms with van der Waals surface area (Å²) in [4.78, 5) is 46.5. The van der Waals surface area contributed by atoms with Crippen molar-refractivity contribution >= 4 is 40.9 Å². The van der Waals surface area contributed by atoms with Gasteiger partial charge in [0.2, 0.25) is 0 Å². The van der Waals surface area contributed by atoms with Crippen LogP contribution < -0.4 is 19.5 Å². The minimum absolute atomic E-state index is 0.0413. The summed E-state index contributed by atoms with van der Waals surface area (Å²) in [6.07, 6.45) is 3.27. The summed E-state index contributed by atoms with van der Waals surface area (Å²) in [5, 5.41) is 10.7. The van der Waals surface area contributed by atoms with E-state index in [1.807, 2.05) is 52.0 Å². The van der Waals surface area contributed by atoms with Crippen LogP contribution in [-0.4, -0.2) is 40.4 Å². The SMILES string of the molecule is Cc1c(C)c2c(c(C)c1OC(=O)CCCC(=O)O)CCC(C)(COc1ccc(/C=C3\SC(=O)NC3=O)cc1)O2. The number of carboxylic acid groups (broad SMARTS) is 1. The van der Waals surface area contributed by atoms with Crippen LogP contribution in [0, 0.1) is 20.8 Å². The first kappa shape index (κ1) is 28.2. The summed E-state index contributed by atoms with van der Waals surface area (Å²) in [5.74, 6) is 0.167. The average Bonchev–Trinajstić information content (AvgIpc) is 3.20. The van der Waals surface area contributed by atoms with Gasteiger partial charge < -0.3 is 19.3 Å². The van der Waals surface area contributed by atoms with E-state index in [-0.39, 0.29) is 24.5 Å². The zero-order valence-corrected chi connectivity index (χ0v) is 23.2. The maximum Gasteiger partial charge on any atom is 0.311 e. The number of rotatable bonds is 9. The van der Waals surface area contributed by atoms with Gasteiger partial charge in [0, 0.05) is 18.4 Å². The fraction of sp³-hybridized carbons (Fsp3) is 0.379. The van der Waals surface area contributed by atoms with E-state index in [2.05, 4.69) is 5.32 Å². The number of carbonyl (C=O) groups is 4. The lowest BCUT2D eigenvalue weighted by Gasteiger charge is -2.37. The van der Waals surface area contributed by atoms with Crippen molar-refractivity contribution in [2.45, 2.75) is 65.4 Å². The monoisotopic (exact) mass is 553 g/mol. The molecule has 0 aliphatic carbocycles. The van der Waals surface area contributed by atoms with E-state index in [0.29, 0.717) is 29.4 Å². The highest BCUT2D eigenvalue weighted by Crippen LogP contribution is 2.44. The van der Waals surface area contributed by atoms with Crippen molar-refractivity contribution in [3.05, 3.63) is 57.0 Å². The molecule has 0 saturated carbocycles. The smallest absolute Gasteiger partial charge is 0.311 e. The Morgan fingerprint density at radius 2 is 1.82 bits per heavy atom. The van der Waals surface area contributed by atoms with Crippen LogP contribution in [0.1, 0.15) is 60.4 Å². The number of fused-ring (bicyclic) bond motifs is 1. The van der Waals surface area contributed by atoms with E-state index < -0.39 is 23.4 Å². The topological polar surface area (TPSA) is 128 Å². The summed E-state index contributed by atoms with van der Waals surface area (Å²) in [7, 11) is 0. The molecule has 2 aromatic carbocycles. The Bertz CT molecular complexity index is 1360. The third-order valence-electron chi connectivity index (χ3n) is 6.91. The maximum atomic E-state index is 12.3. The number of thioether (sulfide) groups is 1. The van der Waals surface area contributed by atoms with Crippen LogP contribution in [0.25, 0.3) is 6.08 Å². The molecule has 10 heteroatoms. The van der Waals surface area contributed by atoms with E-state index in [4.69, 9.17) is 19.3 Å².